The molecule has 5 heteroatoms. The van der Waals surface area contributed by atoms with Crippen LogP contribution in [0.3, 0.4) is 0 Å². The van der Waals surface area contributed by atoms with Gasteiger partial charge in [0.1, 0.15) is 5.58 Å². The van der Waals surface area contributed by atoms with E-state index < -0.39 is 0 Å². The van der Waals surface area contributed by atoms with Crippen molar-refractivity contribution >= 4 is 34.3 Å². The smallest absolute Gasteiger partial charge is 0.291 e. The standard InChI is InChI=1S/C17H12N2O3/c1-11-8-13(18-10-20)6-7-14(11)19-17(21)16-9-12-4-2-3-5-15(12)22-16/h2-9H,1H3,(H,19,21). The van der Waals surface area contributed by atoms with Gasteiger partial charge in [-0.1, -0.05) is 18.2 Å². The first kappa shape index (κ1) is 13.8. The van der Waals surface area contributed by atoms with Crippen molar-refractivity contribution < 1.29 is 14.0 Å². The molecule has 0 aliphatic heterocycles. The fourth-order valence-electron chi connectivity index (χ4n) is 2.19. The number of hydrogen-bond donors (Lipinski definition) is 1. The molecule has 0 aliphatic carbocycles. The monoisotopic (exact) mass is 292 g/mol. The number of benzene rings is 2. The quantitative estimate of drug-likeness (QED) is 0.586. The lowest BCUT2D eigenvalue weighted by atomic mass is 10.1. The number of para-hydroxylation sites is 1. The van der Waals surface area contributed by atoms with E-state index in [4.69, 9.17) is 4.42 Å². The van der Waals surface area contributed by atoms with E-state index in [1.807, 2.05) is 31.2 Å². The number of anilines is 1. The van der Waals surface area contributed by atoms with Gasteiger partial charge in [-0.2, -0.15) is 4.99 Å². The second kappa shape index (κ2) is 5.68. The molecule has 1 aromatic heterocycles. The van der Waals surface area contributed by atoms with Crippen LogP contribution in [0.25, 0.3) is 11.0 Å². The van der Waals surface area contributed by atoms with Crippen LogP contribution in [0.2, 0.25) is 0 Å². The molecule has 0 bridgehead atoms. The molecule has 1 N–H and O–H groups in total. The number of amides is 1. The van der Waals surface area contributed by atoms with Gasteiger partial charge in [0.05, 0.1) is 5.69 Å². The predicted molar refractivity (Wildman–Crippen MR) is 83.1 cm³/mol. The van der Waals surface area contributed by atoms with Crippen molar-refractivity contribution in [3.8, 4) is 0 Å². The first-order valence-electron chi connectivity index (χ1n) is 6.66. The van der Waals surface area contributed by atoms with E-state index in [1.165, 1.54) is 6.08 Å². The lowest BCUT2D eigenvalue weighted by Crippen LogP contribution is -2.11. The molecule has 0 saturated heterocycles. The largest absolute Gasteiger partial charge is 0.451 e. The van der Waals surface area contributed by atoms with Gasteiger partial charge in [-0.25, -0.2) is 4.79 Å². The molecule has 0 aliphatic rings. The van der Waals surface area contributed by atoms with Crippen LogP contribution in [0, 0.1) is 6.92 Å². The van der Waals surface area contributed by atoms with Crippen LogP contribution < -0.4 is 5.32 Å². The van der Waals surface area contributed by atoms with Crippen molar-refractivity contribution in [1.29, 1.82) is 0 Å². The van der Waals surface area contributed by atoms with Gasteiger partial charge in [0.2, 0.25) is 6.08 Å². The fraction of sp³-hybridized carbons (Fsp3) is 0.0588. The van der Waals surface area contributed by atoms with Crippen LogP contribution in [0.5, 0.6) is 0 Å². The molecular weight excluding hydrogens is 280 g/mol. The number of nitrogens with zero attached hydrogens (tertiary/aromatic N) is 1. The Hall–Kier alpha value is -3.17. The topological polar surface area (TPSA) is 71.7 Å². The Kier molecular flexibility index (Phi) is 3.56. The van der Waals surface area contributed by atoms with Gasteiger partial charge in [0.15, 0.2) is 5.76 Å². The summed E-state index contributed by atoms with van der Waals surface area (Å²) in [5, 5.41) is 3.66. The number of nitrogens with one attached hydrogen (secondary N) is 1. The number of fused-ring (bicyclic) bond motifs is 1. The van der Waals surface area contributed by atoms with Crippen molar-refractivity contribution in [3.05, 3.63) is 59.9 Å². The predicted octanol–water partition coefficient (Wildman–Crippen LogP) is 3.96. The first-order valence-corrected chi connectivity index (χ1v) is 6.66. The number of aliphatic imine (C=N–C) groups is 1. The molecule has 108 valence electrons. The highest BCUT2D eigenvalue weighted by atomic mass is 16.3. The number of carbonyl (C=O) groups excluding carboxylic acids is 2. The maximum Gasteiger partial charge on any atom is 0.291 e. The van der Waals surface area contributed by atoms with Crippen molar-refractivity contribution in [2.75, 3.05) is 5.32 Å². The Balaban J connectivity index is 1.86. The Morgan fingerprint density at radius 2 is 2.00 bits per heavy atom. The number of aryl methyl sites for hydroxylation is 1. The van der Waals surface area contributed by atoms with E-state index in [-0.39, 0.29) is 11.7 Å². The van der Waals surface area contributed by atoms with Gasteiger partial charge in [-0.05, 0) is 42.8 Å². The van der Waals surface area contributed by atoms with Crippen LogP contribution in [0.4, 0.5) is 11.4 Å². The zero-order valence-corrected chi connectivity index (χ0v) is 11.8. The summed E-state index contributed by atoms with van der Waals surface area (Å²) in [5.74, 6) is -0.0819. The molecule has 5 nitrogen and oxygen atoms in total. The Morgan fingerprint density at radius 3 is 2.73 bits per heavy atom. The average molecular weight is 292 g/mol. The van der Waals surface area contributed by atoms with Crippen LogP contribution in [0.15, 0.2) is 57.9 Å². The molecule has 0 radical (unpaired) electrons. The number of hydrogen-bond acceptors (Lipinski definition) is 4. The number of furan rings is 1. The van der Waals surface area contributed by atoms with Crippen LogP contribution in [0.1, 0.15) is 16.1 Å². The summed E-state index contributed by atoms with van der Waals surface area (Å²) in [6.45, 7) is 1.82. The SMILES string of the molecule is Cc1cc(N=C=O)ccc1NC(=O)c1cc2ccccc2o1. The minimum atomic E-state index is -0.328. The minimum Gasteiger partial charge on any atom is -0.451 e. The maximum atomic E-state index is 12.3. The molecular formula is C17H12N2O3. The zero-order valence-electron chi connectivity index (χ0n) is 11.8. The minimum absolute atomic E-state index is 0.246. The van der Waals surface area contributed by atoms with E-state index in [2.05, 4.69) is 10.3 Å². The molecule has 0 fully saturated rings. The third-order valence-corrected chi connectivity index (χ3v) is 3.28. The van der Waals surface area contributed by atoms with Crippen molar-refractivity contribution in [2.45, 2.75) is 6.92 Å². The molecule has 0 unspecified atom stereocenters. The molecule has 3 aromatic rings. The first-order chi connectivity index (χ1) is 10.7. The summed E-state index contributed by atoms with van der Waals surface area (Å²) >= 11 is 0. The van der Waals surface area contributed by atoms with Crippen LogP contribution in [-0.4, -0.2) is 12.0 Å². The highest BCUT2D eigenvalue weighted by Gasteiger charge is 2.13. The van der Waals surface area contributed by atoms with Crippen molar-refractivity contribution in [3.63, 3.8) is 0 Å². The van der Waals surface area contributed by atoms with E-state index in [9.17, 15) is 9.59 Å². The summed E-state index contributed by atoms with van der Waals surface area (Å²) in [6, 6.07) is 14.1. The summed E-state index contributed by atoms with van der Waals surface area (Å²) in [6.07, 6.45) is 1.48. The third kappa shape index (κ3) is 2.66. The highest BCUT2D eigenvalue weighted by molar-refractivity contribution is 6.05. The summed E-state index contributed by atoms with van der Waals surface area (Å²) in [7, 11) is 0. The number of carbonyl (C=O) groups is 1. The number of rotatable bonds is 3. The Morgan fingerprint density at radius 1 is 1.18 bits per heavy atom. The second-order valence-electron chi connectivity index (χ2n) is 4.80. The molecule has 0 saturated carbocycles. The maximum absolute atomic E-state index is 12.3. The molecule has 2 aromatic carbocycles. The van der Waals surface area contributed by atoms with E-state index in [1.54, 1.807) is 24.3 Å². The molecule has 0 spiro atoms. The lowest BCUT2D eigenvalue weighted by Gasteiger charge is -2.07. The van der Waals surface area contributed by atoms with Gasteiger partial charge in [-0.3, -0.25) is 4.79 Å². The van der Waals surface area contributed by atoms with Crippen LogP contribution in [-0.2, 0) is 4.79 Å². The van der Waals surface area contributed by atoms with Gasteiger partial charge < -0.3 is 9.73 Å². The average Bonchev–Trinajstić information content (AvgIpc) is 2.94. The van der Waals surface area contributed by atoms with E-state index in [0.717, 1.165) is 10.9 Å². The third-order valence-electron chi connectivity index (χ3n) is 3.28. The Bertz CT molecular complexity index is 872. The molecule has 0 atom stereocenters. The van der Waals surface area contributed by atoms with Gasteiger partial charge in [0, 0.05) is 11.1 Å². The molecule has 3 rings (SSSR count). The van der Waals surface area contributed by atoms with Gasteiger partial charge in [-0.15, -0.1) is 0 Å². The van der Waals surface area contributed by atoms with Crippen molar-refractivity contribution in [2.24, 2.45) is 4.99 Å². The molecule has 22 heavy (non-hydrogen) atoms. The number of isocyanates is 1. The van der Waals surface area contributed by atoms with Gasteiger partial charge in [0.25, 0.3) is 5.91 Å². The van der Waals surface area contributed by atoms with Gasteiger partial charge >= 0.3 is 0 Å². The summed E-state index contributed by atoms with van der Waals surface area (Å²) in [5.41, 5.74) is 2.59. The normalized spacial score (nSPS) is 10.2. The van der Waals surface area contributed by atoms with E-state index in [0.29, 0.717) is 17.0 Å². The van der Waals surface area contributed by atoms with E-state index >= 15 is 0 Å². The van der Waals surface area contributed by atoms with Crippen LogP contribution >= 0.6 is 0 Å². The zero-order chi connectivity index (χ0) is 15.5. The fourth-order valence-corrected chi connectivity index (χ4v) is 2.19. The highest BCUT2D eigenvalue weighted by Crippen LogP contribution is 2.23. The lowest BCUT2D eigenvalue weighted by molar-refractivity contribution is 0.0998. The Labute approximate surface area is 126 Å². The summed E-state index contributed by atoms with van der Waals surface area (Å²) < 4.78 is 5.52. The summed E-state index contributed by atoms with van der Waals surface area (Å²) in [4.78, 5) is 26.0. The molecule has 1 heterocycles. The second-order valence-corrected chi connectivity index (χ2v) is 4.80. The van der Waals surface area contributed by atoms with Crippen molar-refractivity contribution in [1.82, 2.24) is 0 Å². The molecule has 1 amide bonds.